The maximum absolute atomic E-state index is 11.8. The van der Waals surface area contributed by atoms with Crippen LogP contribution in [0.25, 0.3) is 0 Å². The summed E-state index contributed by atoms with van der Waals surface area (Å²) in [5.74, 6) is 0. The fourth-order valence-electron chi connectivity index (χ4n) is 1.18. The lowest BCUT2D eigenvalue weighted by Gasteiger charge is -2.12. The third kappa shape index (κ3) is 4.03. The molecular weight excluding hydrogens is 254 g/mol. The van der Waals surface area contributed by atoms with E-state index in [0.29, 0.717) is 6.42 Å². The van der Waals surface area contributed by atoms with Crippen molar-refractivity contribution >= 4 is 16.1 Å². The first-order valence-corrected chi connectivity index (χ1v) is 7.13. The molecule has 1 amide bonds. The minimum Gasteiger partial charge on any atom is -0.446 e. The minimum absolute atomic E-state index is 0.0363. The maximum atomic E-state index is 11.8. The van der Waals surface area contributed by atoms with E-state index in [2.05, 4.69) is 0 Å². The van der Waals surface area contributed by atoms with Gasteiger partial charge in [-0.15, -0.1) is 0 Å². The Kier molecular flexibility index (Phi) is 4.72. The number of benzene rings is 1. The largest absolute Gasteiger partial charge is 0.446 e. The lowest BCUT2D eigenvalue weighted by Crippen LogP contribution is -2.33. The normalized spacial score (nSPS) is 12.8. The highest BCUT2D eigenvalue weighted by Gasteiger charge is 2.19. The van der Waals surface area contributed by atoms with Gasteiger partial charge in [0.2, 0.25) is 0 Å². The molecular formula is C12H17NO4S. The zero-order valence-corrected chi connectivity index (χ0v) is 11.5. The summed E-state index contributed by atoms with van der Waals surface area (Å²) in [6.45, 7) is 5.38. The summed E-state index contributed by atoms with van der Waals surface area (Å²) < 4.78 is 30.3. The van der Waals surface area contributed by atoms with Crippen molar-refractivity contribution in [3.8, 4) is 0 Å². The van der Waals surface area contributed by atoms with Crippen LogP contribution in [0.3, 0.4) is 0 Å². The number of carbonyl (C=O) groups is 1. The van der Waals surface area contributed by atoms with E-state index in [4.69, 9.17) is 4.74 Å². The van der Waals surface area contributed by atoms with Gasteiger partial charge in [0.05, 0.1) is 4.90 Å². The van der Waals surface area contributed by atoms with Crippen LogP contribution in [-0.4, -0.2) is 20.6 Å². The molecule has 6 heteroatoms. The Labute approximate surface area is 107 Å². The number of carbonyl (C=O) groups excluding carboxylic acids is 1. The third-order valence-corrected chi connectivity index (χ3v) is 3.76. The van der Waals surface area contributed by atoms with Crippen LogP contribution in [0.1, 0.15) is 25.8 Å². The predicted octanol–water partition coefficient (Wildman–Crippen LogP) is 2.21. The molecule has 0 heterocycles. The summed E-state index contributed by atoms with van der Waals surface area (Å²) in [6.07, 6.45) is -0.652. The van der Waals surface area contributed by atoms with E-state index in [1.54, 1.807) is 19.1 Å². The van der Waals surface area contributed by atoms with Crippen molar-refractivity contribution in [1.82, 2.24) is 4.72 Å². The summed E-state index contributed by atoms with van der Waals surface area (Å²) in [5, 5.41) is 0. The van der Waals surface area contributed by atoms with Crippen molar-refractivity contribution in [1.29, 1.82) is 0 Å². The molecule has 0 radical (unpaired) electrons. The van der Waals surface area contributed by atoms with Gasteiger partial charge < -0.3 is 4.74 Å². The first-order valence-electron chi connectivity index (χ1n) is 5.65. The Hall–Kier alpha value is -1.56. The SMILES string of the molecule is CC[C@@H](C)OC(=O)NS(=O)(=O)c1ccc(C)cc1. The molecule has 100 valence electrons. The minimum atomic E-state index is -3.85. The van der Waals surface area contributed by atoms with Crippen molar-refractivity contribution in [3.05, 3.63) is 29.8 Å². The fraction of sp³-hybridized carbons (Fsp3) is 0.417. The van der Waals surface area contributed by atoms with Crippen LogP contribution in [-0.2, 0) is 14.8 Å². The number of sulfonamides is 1. The number of nitrogens with one attached hydrogen (secondary N) is 1. The summed E-state index contributed by atoms with van der Waals surface area (Å²) in [6, 6.07) is 6.20. The van der Waals surface area contributed by atoms with Crippen LogP contribution >= 0.6 is 0 Å². The van der Waals surface area contributed by atoms with Crippen LogP contribution in [0.15, 0.2) is 29.2 Å². The van der Waals surface area contributed by atoms with E-state index in [-0.39, 0.29) is 11.0 Å². The van der Waals surface area contributed by atoms with E-state index in [0.717, 1.165) is 5.56 Å². The average molecular weight is 271 g/mol. The summed E-state index contributed by atoms with van der Waals surface area (Å²) in [7, 11) is -3.85. The molecule has 18 heavy (non-hydrogen) atoms. The Morgan fingerprint density at radius 3 is 2.39 bits per heavy atom. The van der Waals surface area contributed by atoms with Gasteiger partial charge in [-0.3, -0.25) is 0 Å². The molecule has 0 bridgehead atoms. The standard InChI is InChI=1S/C12H17NO4S/c1-4-10(3)17-12(14)13-18(15,16)11-7-5-9(2)6-8-11/h5-8,10H,4H2,1-3H3,(H,13,14)/t10-/m1/s1. The molecule has 0 saturated heterocycles. The topological polar surface area (TPSA) is 72.5 Å². The first-order chi connectivity index (χ1) is 8.35. The molecule has 0 spiro atoms. The molecule has 0 aliphatic heterocycles. The van der Waals surface area contributed by atoms with Crippen LogP contribution in [0.4, 0.5) is 4.79 Å². The van der Waals surface area contributed by atoms with Gasteiger partial charge in [0.1, 0.15) is 6.10 Å². The molecule has 1 aromatic carbocycles. The smallest absolute Gasteiger partial charge is 0.421 e. The van der Waals surface area contributed by atoms with Crippen LogP contribution in [0.2, 0.25) is 0 Å². The highest BCUT2D eigenvalue weighted by molar-refractivity contribution is 7.90. The lowest BCUT2D eigenvalue weighted by molar-refractivity contribution is 0.110. The zero-order valence-electron chi connectivity index (χ0n) is 10.6. The average Bonchev–Trinajstić information content (AvgIpc) is 2.28. The summed E-state index contributed by atoms with van der Waals surface area (Å²) >= 11 is 0. The van der Waals surface area contributed by atoms with Gasteiger partial charge in [-0.25, -0.2) is 17.9 Å². The molecule has 5 nitrogen and oxygen atoms in total. The Morgan fingerprint density at radius 1 is 1.33 bits per heavy atom. The molecule has 0 unspecified atom stereocenters. The van der Waals surface area contributed by atoms with Gasteiger partial charge in [0, 0.05) is 0 Å². The Bertz CT molecular complexity index is 507. The van der Waals surface area contributed by atoms with Gasteiger partial charge in [-0.05, 0) is 32.4 Å². The van der Waals surface area contributed by atoms with Gasteiger partial charge in [0.15, 0.2) is 0 Å². The monoisotopic (exact) mass is 271 g/mol. The van der Waals surface area contributed by atoms with E-state index in [1.165, 1.54) is 12.1 Å². The van der Waals surface area contributed by atoms with Crippen molar-refractivity contribution in [2.45, 2.75) is 38.2 Å². The molecule has 1 aromatic rings. The van der Waals surface area contributed by atoms with E-state index in [9.17, 15) is 13.2 Å². The maximum Gasteiger partial charge on any atom is 0.421 e. The van der Waals surface area contributed by atoms with Crippen LogP contribution in [0.5, 0.6) is 0 Å². The predicted molar refractivity (Wildman–Crippen MR) is 67.7 cm³/mol. The van der Waals surface area contributed by atoms with Gasteiger partial charge in [-0.1, -0.05) is 24.6 Å². The summed E-state index contributed by atoms with van der Waals surface area (Å²) in [5.41, 5.74) is 0.941. The third-order valence-electron chi connectivity index (χ3n) is 2.43. The zero-order chi connectivity index (χ0) is 13.8. The lowest BCUT2D eigenvalue weighted by atomic mass is 10.2. The van der Waals surface area contributed by atoms with Crippen LogP contribution in [0, 0.1) is 6.92 Å². The van der Waals surface area contributed by atoms with Gasteiger partial charge >= 0.3 is 6.09 Å². The second kappa shape index (κ2) is 5.86. The number of hydrogen-bond donors (Lipinski definition) is 1. The molecule has 1 N–H and O–H groups in total. The molecule has 1 rings (SSSR count). The Balaban J connectivity index is 2.76. The number of aryl methyl sites for hydroxylation is 1. The van der Waals surface area contributed by atoms with Crippen molar-refractivity contribution in [2.24, 2.45) is 0 Å². The molecule has 0 aromatic heterocycles. The van der Waals surface area contributed by atoms with E-state index >= 15 is 0 Å². The first kappa shape index (κ1) is 14.5. The number of amides is 1. The molecule has 0 fully saturated rings. The summed E-state index contributed by atoms with van der Waals surface area (Å²) in [4.78, 5) is 11.4. The van der Waals surface area contributed by atoms with Crippen molar-refractivity contribution < 1.29 is 17.9 Å². The van der Waals surface area contributed by atoms with E-state index < -0.39 is 16.1 Å². The van der Waals surface area contributed by atoms with Crippen molar-refractivity contribution in [3.63, 3.8) is 0 Å². The number of ether oxygens (including phenoxy) is 1. The fourth-order valence-corrected chi connectivity index (χ4v) is 2.06. The van der Waals surface area contributed by atoms with Gasteiger partial charge in [-0.2, -0.15) is 0 Å². The molecule has 0 aliphatic carbocycles. The highest BCUT2D eigenvalue weighted by atomic mass is 32.2. The number of rotatable bonds is 4. The molecule has 1 atom stereocenters. The van der Waals surface area contributed by atoms with Gasteiger partial charge in [0.25, 0.3) is 10.0 Å². The quantitative estimate of drug-likeness (QED) is 0.911. The van der Waals surface area contributed by atoms with E-state index in [1.807, 2.05) is 18.6 Å². The number of hydrogen-bond acceptors (Lipinski definition) is 4. The molecule has 0 saturated carbocycles. The second-order valence-corrected chi connectivity index (χ2v) is 5.73. The van der Waals surface area contributed by atoms with Crippen molar-refractivity contribution in [2.75, 3.05) is 0 Å². The van der Waals surface area contributed by atoms with Crippen LogP contribution < -0.4 is 4.72 Å². The Morgan fingerprint density at radius 2 is 1.89 bits per heavy atom. The molecule has 0 aliphatic rings. The highest BCUT2D eigenvalue weighted by Crippen LogP contribution is 2.10. The second-order valence-electron chi connectivity index (χ2n) is 4.04.